The third kappa shape index (κ3) is 4.91. The van der Waals surface area contributed by atoms with E-state index in [2.05, 4.69) is 5.10 Å². The first-order valence-electron chi connectivity index (χ1n) is 9.30. The molecule has 154 valence electrons. The first-order valence-corrected chi connectivity index (χ1v) is 9.30. The highest BCUT2D eigenvalue weighted by Gasteiger charge is 2.15. The molecule has 8 heteroatoms. The van der Waals surface area contributed by atoms with Gasteiger partial charge in [-0.15, -0.1) is 0 Å². The minimum atomic E-state index is -0.489. The van der Waals surface area contributed by atoms with Gasteiger partial charge in [0.2, 0.25) is 5.78 Å². The van der Waals surface area contributed by atoms with Crippen LogP contribution in [0.1, 0.15) is 28.5 Å². The molecule has 30 heavy (non-hydrogen) atoms. The molecule has 0 saturated carbocycles. The average Bonchev–Trinajstić information content (AvgIpc) is 3.25. The van der Waals surface area contributed by atoms with Gasteiger partial charge in [0.25, 0.3) is 0 Å². The van der Waals surface area contributed by atoms with Crippen LogP contribution in [0.2, 0.25) is 0 Å². The van der Waals surface area contributed by atoms with Crippen LogP contribution in [0.4, 0.5) is 5.69 Å². The van der Waals surface area contributed by atoms with E-state index in [0.717, 1.165) is 5.56 Å². The largest absolute Gasteiger partial charge is 0.496 e. The monoisotopic (exact) mass is 407 g/mol. The first kappa shape index (κ1) is 20.8. The van der Waals surface area contributed by atoms with Crippen molar-refractivity contribution in [3.05, 3.63) is 87.7 Å². The number of aryl methyl sites for hydroxylation is 1. The topological polar surface area (TPSA) is 96.5 Å². The van der Waals surface area contributed by atoms with Crippen molar-refractivity contribution in [2.75, 3.05) is 7.11 Å². The Morgan fingerprint density at radius 1 is 1.20 bits per heavy atom. The van der Waals surface area contributed by atoms with E-state index in [1.54, 1.807) is 47.3 Å². The second-order valence-electron chi connectivity index (χ2n) is 6.34. The number of nitro groups is 1. The number of carbonyl (C=O) groups is 1. The Kier molecular flexibility index (Phi) is 6.59. The number of aromatic nitrogens is 2. The maximum Gasteiger partial charge on any atom is 0.310 e. The third-order valence-corrected chi connectivity index (χ3v) is 4.39. The van der Waals surface area contributed by atoms with Crippen LogP contribution in [0, 0.1) is 10.1 Å². The van der Waals surface area contributed by atoms with Gasteiger partial charge in [-0.2, -0.15) is 5.10 Å². The molecule has 3 rings (SSSR count). The number of nitro benzene ring substituents is 1. The zero-order chi connectivity index (χ0) is 21.5. The molecule has 0 amide bonds. The molecule has 0 unspecified atom stereocenters. The molecule has 0 N–H and O–H groups in total. The summed E-state index contributed by atoms with van der Waals surface area (Å²) in [4.78, 5) is 23.0. The van der Waals surface area contributed by atoms with Gasteiger partial charge < -0.3 is 9.47 Å². The van der Waals surface area contributed by atoms with Gasteiger partial charge >= 0.3 is 5.69 Å². The van der Waals surface area contributed by atoms with Crippen molar-refractivity contribution < 1.29 is 19.2 Å². The van der Waals surface area contributed by atoms with E-state index in [4.69, 9.17) is 9.47 Å². The van der Waals surface area contributed by atoms with Gasteiger partial charge in [0, 0.05) is 24.4 Å². The summed E-state index contributed by atoms with van der Waals surface area (Å²) in [7, 11) is 1.53. The van der Waals surface area contributed by atoms with Crippen molar-refractivity contribution >= 4 is 17.5 Å². The maximum atomic E-state index is 12.3. The molecule has 0 atom stereocenters. The first-order chi connectivity index (χ1) is 14.5. The average molecular weight is 407 g/mol. The lowest BCUT2D eigenvalue weighted by atomic mass is 10.1. The van der Waals surface area contributed by atoms with E-state index in [9.17, 15) is 14.9 Å². The van der Waals surface area contributed by atoms with E-state index >= 15 is 0 Å². The summed E-state index contributed by atoms with van der Waals surface area (Å²) in [5, 5.41) is 15.3. The highest BCUT2D eigenvalue weighted by atomic mass is 16.6. The Morgan fingerprint density at radius 2 is 2.00 bits per heavy atom. The summed E-state index contributed by atoms with van der Waals surface area (Å²) in [5.41, 5.74) is 1.73. The Labute approximate surface area is 173 Å². The molecular formula is C22H21N3O5. The number of benzene rings is 2. The van der Waals surface area contributed by atoms with Crippen LogP contribution in [0.3, 0.4) is 0 Å². The predicted octanol–water partition coefficient (Wildman–Crippen LogP) is 4.29. The van der Waals surface area contributed by atoms with Crippen LogP contribution >= 0.6 is 0 Å². The number of allylic oxidation sites excluding steroid dienone is 1. The van der Waals surface area contributed by atoms with Crippen molar-refractivity contribution in [3.8, 4) is 11.5 Å². The second kappa shape index (κ2) is 9.51. The summed E-state index contributed by atoms with van der Waals surface area (Å²) in [6.07, 6.45) is 4.89. The number of para-hydroxylation sites is 2. The van der Waals surface area contributed by atoms with E-state index in [1.807, 2.05) is 19.1 Å². The number of nitrogens with zero attached hydrogens (tertiary/aromatic N) is 3. The van der Waals surface area contributed by atoms with E-state index in [-0.39, 0.29) is 23.8 Å². The van der Waals surface area contributed by atoms with Gasteiger partial charge in [-0.3, -0.25) is 19.6 Å². The van der Waals surface area contributed by atoms with Crippen LogP contribution in [0.25, 0.3) is 6.08 Å². The number of methoxy groups -OCH3 is 1. The van der Waals surface area contributed by atoms with Gasteiger partial charge in [-0.25, -0.2) is 0 Å². The van der Waals surface area contributed by atoms with Gasteiger partial charge in [0.15, 0.2) is 5.75 Å². The number of ether oxygens (including phenoxy) is 2. The molecule has 3 aromatic rings. The van der Waals surface area contributed by atoms with Crippen molar-refractivity contribution in [1.29, 1.82) is 0 Å². The zero-order valence-corrected chi connectivity index (χ0v) is 16.6. The maximum absolute atomic E-state index is 12.3. The zero-order valence-electron chi connectivity index (χ0n) is 16.6. The molecular weight excluding hydrogens is 386 g/mol. The lowest BCUT2D eigenvalue weighted by Gasteiger charge is -2.11. The summed E-state index contributed by atoms with van der Waals surface area (Å²) in [6.45, 7) is 2.71. The lowest BCUT2D eigenvalue weighted by Crippen LogP contribution is -2.02. The Morgan fingerprint density at radius 3 is 2.70 bits per heavy atom. The fourth-order valence-electron chi connectivity index (χ4n) is 2.83. The molecule has 0 aliphatic carbocycles. The highest BCUT2D eigenvalue weighted by Crippen LogP contribution is 2.28. The number of hydrogen-bond donors (Lipinski definition) is 0. The summed E-state index contributed by atoms with van der Waals surface area (Å²) in [5.74, 6) is 0.557. The summed E-state index contributed by atoms with van der Waals surface area (Å²) >= 11 is 0. The minimum absolute atomic E-state index is 0.0740. The fraction of sp³-hybridized carbons (Fsp3) is 0.182. The van der Waals surface area contributed by atoms with E-state index in [1.165, 1.54) is 19.3 Å². The molecule has 0 saturated heterocycles. The van der Waals surface area contributed by atoms with Crippen LogP contribution in [-0.2, 0) is 13.2 Å². The number of hydrogen-bond acceptors (Lipinski definition) is 6. The molecule has 0 bridgehead atoms. The molecule has 8 nitrogen and oxygen atoms in total. The molecule has 0 spiro atoms. The van der Waals surface area contributed by atoms with Gasteiger partial charge in [0.1, 0.15) is 18.1 Å². The molecule has 2 aromatic carbocycles. The minimum Gasteiger partial charge on any atom is -0.496 e. The highest BCUT2D eigenvalue weighted by molar-refractivity contribution is 6.05. The van der Waals surface area contributed by atoms with Crippen LogP contribution in [0.5, 0.6) is 11.5 Å². The van der Waals surface area contributed by atoms with Crippen LogP contribution in [0.15, 0.2) is 60.8 Å². The van der Waals surface area contributed by atoms with Gasteiger partial charge in [-0.1, -0.05) is 24.3 Å². The smallest absolute Gasteiger partial charge is 0.310 e. The summed E-state index contributed by atoms with van der Waals surface area (Å²) in [6, 6.07) is 13.2. The SMILES string of the molecule is CCn1ccc(C(=O)/C=C/c2ccc(OC)c(COc3ccccc3[N+](=O)[O-])c2)n1. The number of carbonyl (C=O) groups excluding carboxylic acids is 1. The Balaban J connectivity index is 1.77. The van der Waals surface area contributed by atoms with Crippen molar-refractivity contribution in [2.24, 2.45) is 0 Å². The van der Waals surface area contributed by atoms with Crippen molar-refractivity contribution in [1.82, 2.24) is 9.78 Å². The van der Waals surface area contributed by atoms with E-state index in [0.29, 0.717) is 23.6 Å². The Bertz CT molecular complexity index is 1090. The fourth-order valence-corrected chi connectivity index (χ4v) is 2.83. The quantitative estimate of drug-likeness (QED) is 0.227. The molecule has 1 aromatic heterocycles. The molecule has 1 heterocycles. The Hall–Kier alpha value is -3.94. The third-order valence-electron chi connectivity index (χ3n) is 4.39. The van der Waals surface area contributed by atoms with Crippen molar-refractivity contribution in [3.63, 3.8) is 0 Å². The lowest BCUT2D eigenvalue weighted by molar-refractivity contribution is -0.385. The number of rotatable bonds is 9. The van der Waals surface area contributed by atoms with E-state index < -0.39 is 4.92 Å². The van der Waals surface area contributed by atoms with Crippen LogP contribution < -0.4 is 9.47 Å². The molecule has 0 fully saturated rings. The molecule has 0 aliphatic heterocycles. The standard InChI is InChI=1S/C22H21N3O5/c1-3-24-13-12-18(23-24)20(26)10-8-16-9-11-21(29-2)17(14-16)15-30-22-7-5-4-6-19(22)25(27)28/h4-14H,3,15H2,1-2H3/b10-8+. The normalized spacial score (nSPS) is 10.9. The number of ketones is 1. The second-order valence-corrected chi connectivity index (χ2v) is 6.34. The predicted molar refractivity (Wildman–Crippen MR) is 112 cm³/mol. The van der Waals surface area contributed by atoms with Crippen LogP contribution in [-0.4, -0.2) is 27.6 Å². The molecule has 0 aliphatic rings. The van der Waals surface area contributed by atoms with Gasteiger partial charge in [0.05, 0.1) is 12.0 Å². The summed E-state index contributed by atoms with van der Waals surface area (Å²) < 4.78 is 12.7. The van der Waals surface area contributed by atoms with Gasteiger partial charge in [-0.05, 0) is 42.8 Å². The van der Waals surface area contributed by atoms with Crippen molar-refractivity contribution in [2.45, 2.75) is 20.1 Å². The molecule has 0 radical (unpaired) electrons.